The maximum absolute atomic E-state index is 5.83. The Balaban J connectivity index is 2.07. The van der Waals surface area contributed by atoms with E-state index in [0.29, 0.717) is 6.54 Å². The van der Waals surface area contributed by atoms with Gasteiger partial charge in [0.1, 0.15) is 12.2 Å². The van der Waals surface area contributed by atoms with Crippen LogP contribution in [0.4, 0.5) is 5.69 Å². The van der Waals surface area contributed by atoms with Crippen molar-refractivity contribution >= 4 is 5.69 Å². The standard InChI is InChI=1S/C9H11N5/c10-14(6-9-11-7-12-13-9)8-4-2-1-3-5-8/h1-5,7H,6,10H2,(H,11,12,13). The zero-order chi connectivity index (χ0) is 9.80. The second-order valence-electron chi connectivity index (χ2n) is 2.90. The SMILES string of the molecule is NN(Cc1ncn[nH]1)c1ccccc1. The predicted molar refractivity (Wildman–Crippen MR) is 53.2 cm³/mol. The van der Waals surface area contributed by atoms with Gasteiger partial charge in [-0.05, 0) is 12.1 Å². The number of nitrogens with zero attached hydrogens (tertiary/aromatic N) is 3. The Labute approximate surface area is 81.5 Å². The fourth-order valence-electron chi connectivity index (χ4n) is 1.18. The number of hydrogen-bond donors (Lipinski definition) is 2. The van der Waals surface area contributed by atoms with E-state index in [1.165, 1.54) is 6.33 Å². The summed E-state index contributed by atoms with van der Waals surface area (Å²) in [7, 11) is 0. The van der Waals surface area contributed by atoms with Crippen LogP contribution in [0, 0.1) is 0 Å². The fourth-order valence-corrected chi connectivity index (χ4v) is 1.18. The molecule has 0 aliphatic heterocycles. The van der Waals surface area contributed by atoms with E-state index in [2.05, 4.69) is 15.2 Å². The number of nitrogens with two attached hydrogens (primary N) is 1. The van der Waals surface area contributed by atoms with Crippen LogP contribution >= 0.6 is 0 Å². The third-order valence-electron chi connectivity index (χ3n) is 1.87. The molecular weight excluding hydrogens is 178 g/mol. The van der Waals surface area contributed by atoms with E-state index in [1.807, 2.05) is 30.3 Å². The summed E-state index contributed by atoms with van der Waals surface area (Å²) >= 11 is 0. The van der Waals surface area contributed by atoms with Gasteiger partial charge in [-0.1, -0.05) is 18.2 Å². The van der Waals surface area contributed by atoms with E-state index in [1.54, 1.807) is 5.01 Å². The molecule has 0 bridgehead atoms. The van der Waals surface area contributed by atoms with Crippen LogP contribution in [0.25, 0.3) is 0 Å². The molecule has 0 fully saturated rings. The van der Waals surface area contributed by atoms with Crippen molar-refractivity contribution in [3.8, 4) is 0 Å². The summed E-state index contributed by atoms with van der Waals surface area (Å²) in [5.74, 6) is 6.58. The topological polar surface area (TPSA) is 70.8 Å². The largest absolute Gasteiger partial charge is 0.303 e. The minimum atomic E-state index is 0.518. The van der Waals surface area contributed by atoms with Crippen LogP contribution < -0.4 is 10.9 Å². The number of hydrogen-bond acceptors (Lipinski definition) is 4. The van der Waals surface area contributed by atoms with E-state index in [-0.39, 0.29) is 0 Å². The summed E-state index contributed by atoms with van der Waals surface area (Å²) in [4.78, 5) is 3.99. The predicted octanol–water partition coefficient (Wildman–Crippen LogP) is 0.685. The molecule has 1 heterocycles. The number of anilines is 1. The molecule has 2 rings (SSSR count). The molecule has 0 atom stereocenters. The minimum absolute atomic E-state index is 0.518. The quantitative estimate of drug-likeness (QED) is 0.550. The molecule has 1 aromatic carbocycles. The molecule has 0 saturated carbocycles. The van der Waals surface area contributed by atoms with Gasteiger partial charge in [0.2, 0.25) is 0 Å². The number of hydrazine groups is 1. The van der Waals surface area contributed by atoms with Gasteiger partial charge in [0.15, 0.2) is 0 Å². The monoisotopic (exact) mass is 189 g/mol. The third-order valence-corrected chi connectivity index (χ3v) is 1.87. The summed E-state index contributed by atoms with van der Waals surface area (Å²) in [6.45, 7) is 0.518. The molecule has 2 aromatic rings. The Morgan fingerprint density at radius 2 is 2.07 bits per heavy atom. The molecule has 0 aliphatic rings. The minimum Gasteiger partial charge on any atom is -0.303 e. The maximum atomic E-state index is 5.83. The lowest BCUT2D eigenvalue weighted by Crippen LogP contribution is -2.30. The highest BCUT2D eigenvalue weighted by molar-refractivity contribution is 5.44. The van der Waals surface area contributed by atoms with Crippen molar-refractivity contribution in [2.75, 3.05) is 5.01 Å². The van der Waals surface area contributed by atoms with Gasteiger partial charge in [-0.3, -0.25) is 5.10 Å². The number of aromatic amines is 1. The molecule has 0 saturated heterocycles. The van der Waals surface area contributed by atoms with Crippen molar-refractivity contribution in [2.24, 2.45) is 5.84 Å². The lowest BCUT2D eigenvalue weighted by molar-refractivity contribution is 0.797. The average molecular weight is 189 g/mol. The molecule has 0 unspecified atom stereocenters. The first kappa shape index (κ1) is 8.71. The number of aromatic nitrogens is 3. The van der Waals surface area contributed by atoms with Crippen molar-refractivity contribution in [2.45, 2.75) is 6.54 Å². The fraction of sp³-hybridized carbons (Fsp3) is 0.111. The number of benzene rings is 1. The van der Waals surface area contributed by atoms with Gasteiger partial charge in [0.25, 0.3) is 0 Å². The van der Waals surface area contributed by atoms with Gasteiger partial charge in [0, 0.05) is 0 Å². The first-order valence-corrected chi connectivity index (χ1v) is 4.28. The van der Waals surface area contributed by atoms with Crippen molar-refractivity contribution < 1.29 is 0 Å². The zero-order valence-corrected chi connectivity index (χ0v) is 7.59. The number of rotatable bonds is 3. The average Bonchev–Trinajstić information content (AvgIpc) is 2.72. The van der Waals surface area contributed by atoms with Crippen LogP contribution in [-0.4, -0.2) is 15.2 Å². The van der Waals surface area contributed by atoms with Crippen LogP contribution in [-0.2, 0) is 6.54 Å². The summed E-state index contributed by atoms with van der Waals surface area (Å²) < 4.78 is 0. The van der Waals surface area contributed by atoms with Crippen molar-refractivity contribution in [3.63, 3.8) is 0 Å². The van der Waals surface area contributed by atoms with Crippen molar-refractivity contribution in [3.05, 3.63) is 42.5 Å². The van der Waals surface area contributed by atoms with Gasteiger partial charge >= 0.3 is 0 Å². The molecule has 5 nitrogen and oxygen atoms in total. The third kappa shape index (κ3) is 1.89. The number of H-pyrrole nitrogens is 1. The molecule has 0 aliphatic carbocycles. The van der Waals surface area contributed by atoms with Crippen molar-refractivity contribution in [1.82, 2.24) is 15.2 Å². The normalized spacial score (nSPS) is 10.1. The summed E-state index contributed by atoms with van der Waals surface area (Å²) in [6, 6.07) is 9.71. The van der Waals surface area contributed by atoms with Crippen molar-refractivity contribution in [1.29, 1.82) is 0 Å². The van der Waals surface area contributed by atoms with Gasteiger partial charge in [-0.2, -0.15) is 5.10 Å². The van der Waals surface area contributed by atoms with E-state index in [0.717, 1.165) is 11.5 Å². The van der Waals surface area contributed by atoms with E-state index in [9.17, 15) is 0 Å². The molecule has 1 aromatic heterocycles. The molecule has 0 amide bonds. The van der Waals surface area contributed by atoms with Crippen LogP contribution in [0.5, 0.6) is 0 Å². The van der Waals surface area contributed by atoms with Crippen LogP contribution in [0.15, 0.2) is 36.7 Å². The van der Waals surface area contributed by atoms with E-state index in [4.69, 9.17) is 5.84 Å². The highest BCUT2D eigenvalue weighted by atomic mass is 15.4. The van der Waals surface area contributed by atoms with E-state index >= 15 is 0 Å². The molecular formula is C9H11N5. The highest BCUT2D eigenvalue weighted by Gasteiger charge is 2.03. The Morgan fingerprint density at radius 3 is 2.71 bits per heavy atom. The lowest BCUT2D eigenvalue weighted by atomic mass is 10.3. The molecule has 3 N–H and O–H groups in total. The summed E-state index contributed by atoms with van der Waals surface area (Å²) in [5.41, 5.74) is 0.948. The molecule has 5 heteroatoms. The number of para-hydroxylation sites is 1. The summed E-state index contributed by atoms with van der Waals surface area (Å²) in [5, 5.41) is 8.12. The Hall–Kier alpha value is -1.88. The van der Waals surface area contributed by atoms with Gasteiger partial charge < -0.3 is 5.01 Å². The zero-order valence-electron chi connectivity index (χ0n) is 7.59. The maximum Gasteiger partial charge on any atom is 0.145 e. The van der Waals surface area contributed by atoms with Crippen LogP contribution in [0.1, 0.15) is 5.82 Å². The first-order valence-electron chi connectivity index (χ1n) is 4.28. The Kier molecular flexibility index (Phi) is 2.42. The molecule has 72 valence electrons. The first-order chi connectivity index (χ1) is 6.86. The van der Waals surface area contributed by atoms with Crippen LogP contribution in [0.3, 0.4) is 0 Å². The van der Waals surface area contributed by atoms with Gasteiger partial charge in [-0.15, -0.1) is 0 Å². The van der Waals surface area contributed by atoms with E-state index < -0.39 is 0 Å². The number of nitrogens with one attached hydrogen (secondary N) is 1. The van der Waals surface area contributed by atoms with Gasteiger partial charge in [-0.25, -0.2) is 10.8 Å². The summed E-state index contributed by atoms with van der Waals surface area (Å²) in [6.07, 6.45) is 1.47. The second-order valence-corrected chi connectivity index (χ2v) is 2.90. The highest BCUT2D eigenvalue weighted by Crippen LogP contribution is 2.10. The Bertz CT molecular complexity index is 369. The smallest absolute Gasteiger partial charge is 0.145 e. The second kappa shape index (κ2) is 3.89. The molecule has 0 spiro atoms. The van der Waals surface area contributed by atoms with Crippen LogP contribution in [0.2, 0.25) is 0 Å². The lowest BCUT2D eigenvalue weighted by Gasteiger charge is -2.16. The molecule has 0 radical (unpaired) electrons. The van der Waals surface area contributed by atoms with Gasteiger partial charge in [0.05, 0.1) is 12.2 Å². The molecule has 14 heavy (non-hydrogen) atoms. The Morgan fingerprint density at radius 1 is 1.29 bits per heavy atom.